The number of anilines is 1. The van der Waals surface area contributed by atoms with Crippen molar-refractivity contribution in [3.8, 4) is 5.75 Å². The minimum absolute atomic E-state index is 0. The number of hydrogen-bond acceptors (Lipinski definition) is 8. The van der Waals surface area contributed by atoms with Crippen molar-refractivity contribution < 1.29 is 42.4 Å². The summed E-state index contributed by atoms with van der Waals surface area (Å²) in [4.78, 5) is 19.6. The molecule has 0 bridgehead atoms. The van der Waals surface area contributed by atoms with Crippen molar-refractivity contribution in [3.05, 3.63) is 35.4 Å². The molecule has 1 fully saturated rings. The van der Waals surface area contributed by atoms with Gasteiger partial charge in [0.05, 0.1) is 12.6 Å². The average molecular weight is 412 g/mol. The molecule has 0 N–H and O–H groups in total. The standard InChI is InChI=1S/C20H27FN4O4.Li/c1-13(2)18-22-20(29-23-18)25-9-7-24(8-10-25)14(3)6-11-28-15-4-5-16(19(26)27)17(21)12-15;/h4-5,12-14H,6-11H2,1-3H3,(H,26,27);/q;+1/p-1. The third-order valence-corrected chi connectivity index (χ3v) is 5.12. The number of carbonyl (C=O) groups excluding carboxylic acids is 1. The van der Waals surface area contributed by atoms with Crippen molar-refractivity contribution in [2.75, 3.05) is 37.7 Å². The van der Waals surface area contributed by atoms with E-state index < -0.39 is 17.3 Å². The van der Waals surface area contributed by atoms with Crippen molar-refractivity contribution in [2.24, 2.45) is 0 Å². The van der Waals surface area contributed by atoms with Gasteiger partial charge in [0.2, 0.25) is 0 Å². The molecule has 0 spiro atoms. The number of rotatable bonds is 8. The van der Waals surface area contributed by atoms with Gasteiger partial charge >= 0.3 is 24.9 Å². The van der Waals surface area contributed by atoms with Crippen LogP contribution < -0.4 is 33.6 Å². The van der Waals surface area contributed by atoms with Crippen LogP contribution in [0.2, 0.25) is 0 Å². The fourth-order valence-electron chi connectivity index (χ4n) is 3.22. The first-order chi connectivity index (χ1) is 13.8. The zero-order valence-corrected chi connectivity index (χ0v) is 17.9. The Hall–Kier alpha value is -2.08. The van der Waals surface area contributed by atoms with Gasteiger partial charge in [-0.15, -0.1) is 0 Å². The number of halogens is 1. The normalized spacial score (nSPS) is 15.7. The maximum absolute atomic E-state index is 13.7. The second-order valence-corrected chi connectivity index (χ2v) is 7.53. The van der Waals surface area contributed by atoms with Crippen molar-refractivity contribution in [3.63, 3.8) is 0 Å². The molecule has 0 radical (unpaired) electrons. The first-order valence-electron chi connectivity index (χ1n) is 9.81. The maximum Gasteiger partial charge on any atom is 1.00 e. The van der Waals surface area contributed by atoms with Gasteiger partial charge in [0.15, 0.2) is 5.82 Å². The monoisotopic (exact) mass is 412 g/mol. The number of carboxylic acid groups (broad SMARTS) is 1. The number of aromatic carboxylic acids is 1. The number of carbonyl (C=O) groups is 1. The molecule has 30 heavy (non-hydrogen) atoms. The Morgan fingerprint density at radius 1 is 1.27 bits per heavy atom. The zero-order valence-electron chi connectivity index (χ0n) is 17.9. The van der Waals surface area contributed by atoms with Crippen LogP contribution in [-0.4, -0.2) is 59.8 Å². The Labute approximate surface area is 187 Å². The van der Waals surface area contributed by atoms with E-state index in [0.29, 0.717) is 24.4 Å². The molecule has 1 aliphatic rings. The number of carboxylic acids is 1. The van der Waals surface area contributed by atoms with Crippen LogP contribution in [0, 0.1) is 5.82 Å². The average Bonchev–Trinajstić information content (AvgIpc) is 3.18. The molecule has 1 atom stereocenters. The van der Waals surface area contributed by atoms with Gasteiger partial charge in [0, 0.05) is 49.8 Å². The summed E-state index contributed by atoms with van der Waals surface area (Å²) in [7, 11) is 0. The van der Waals surface area contributed by atoms with Crippen LogP contribution in [0.4, 0.5) is 10.4 Å². The minimum atomic E-state index is -1.54. The van der Waals surface area contributed by atoms with E-state index in [9.17, 15) is 14.3 Å². The van der Waals surface area contributed by atoms with E-state index in [4.69, 9.17) is 9.26 Å². The van der Waals surface area contributed by atoms with Gasteiger partial charge in [-0.1, -0.05) is 19.0 Å². The molecular weight excluding hydrogens is 386 g/mol. The molecule has 1 saturated heterocycles. The molecule has 1 aromatic heterocycles. The van der Waals surface area contributed by atoms with E-state index >= 15 is 0 Å². The third-order valence-electron chi connectivity index (χ3n) is 5.12. The Morgan fingerprint density at radius 2 is 1.97 bits per heavy atom. The van der Waals surface area contributed by atoms with E-state index in [2.05, 4.69) is 26.9 Å². The van der Waals surface area contributed by atoms with Crippen LogP contribution in [-0.2, 0) is 0 Å². The maximum atomic E-state index is 13.7. The molecular formula is C20H26FLiN4O4. The molecule has 0 amide bonds. The predicted molar refractivity (Wildman–Crippen MR) is 102 cm³/mol. The molecule has 0 saturated carbocycles. The first-order valence-corrected chi connectivity index (χ1v) is 9.81. The molecule has 8 nitrogen and oxygen atoms in total. The van der Waals surface area contributed by atoms with Crippen LogP contribution in [0.15, 0.2) is 22.7 Å². The number of nitrogens with zero attached hydrogens (tertiary/aromatic N) is 4. The number of aromatic nitrogens is 2. The van der Waals surface area contributed by atoms with Crippen molar-refractivity contribution in [1.29, 1.82) is 0 Å². The van der Waals surface area contributed by atoms with E-state index in [1.165, 1.54) is 6.07 Å². The van der Waals surface area contributed by atoms with Gasteiger partial charge in [-0.3, -0.25) is 4.90 Å². The van der Waals surface area contributed by atoms with Crippen molar-refractivity contribution in [1.82, 2.24) is 15.0 Å². The quantitative estimate of drug-likeness (QED) is 0.493. The Bertz CT molecular complexity index is 840. The Kier molecular flexibility index (Phi) is 8.71. The molecule has 0 aliphatic carbocycles. The summed E-state index contributed by atoms with van der Waals surface area (Å²) >= 11 is 0. The summed E-state index contributed by atoms with van der Waals surface area (Å²) in [5, 5.41) is 14.8. The van der Waals surface area contributed by atoms with Crippen molar-refractivity contribution in [2.45, 2.75) is 39.2 Å². The smallest absolute Gasteiger partial charge is 0.545 e. The van der Waals surface area contributed by atoms with Crippen LogP contribution in [0.1, 0.15) is 49.3 Å². The minimum Gasteiger partial charge on any atom is -0.545 e. The fourth-order valence-corrected chi connectivity index (χ4v) is 3.22. The summed E-state index contributed by atoms with van der Waals surface area (Å²) < 4.78 is 24.6. The van der Waals surface area contributed by atoms with Gasteiger partial charge < -0.3 is 24.1 Å². The van der Waals surface area contributed by atoms with E-state index in [-0.39, 0.29) is 24.8 Å². The van der Waals surface area contributed by atoms with Gasteiger partial charge in [-0.25, -0.2) is 4.39 Å². The third kappa shape index (κ3) is 5.97. The van der Waals surface area contributed by atoms with E-state index in [1.54, 1.807) is 0 Å². The predicted octanol–water partition coefficient (Wildman–Crippen LogP) is -1.32. The topological polar surface area (TPSA) is 94.8 Å². The van der Waals surface area contributed by atoms with Gasteiger partial charge in [-0.2, -0.15) is 4.98 Å². The summed E-state index contributed by atoms with van der Waals surface area (Å²) in [6.45, 7) is 9.95. The molecule has 2 aromatic rings. The number of ether oxygens (including phenoxy) is 1. The second-order valence-electron chi connectivity index (χ2n) is 7.53. The van der Waals surface area contributed by atoms with Crippen LogP contribution in [0.5, 0.6) is 5.75 Å². The Morgan fingerprint density at radius 3 is 2.53 bits per heavy atom. The van der Waals surface area contributed by atoms with Gasteiger partial charge in [0.1, 0.15) is 11.6 Å². The summed E-state index contributed by atoms with van der Waals surface area (Å²) in [6.07, 6.45) is 0.766. The molecule has 3 rings (SSSR count). The first kappa shape index (κ1) is 24.2. The Balaban J connectivity index is 0.00000320. The van der Waals surface area contributed by atoms with Crippen LogP contribution in [0.3, 0.4) is 0 Å². The largest absolute Gasteiger partial charge is 1.00 e. The van der Waals surface area contributed by atoms with E-state index in [0.717, 1.165) is 50.6 Å². The number of hydrogen-bond donors (Lipinski definition) is 0. The molecule has 1 aliphatic heterocycles. The zero-order chi connectivity index (χ0) is 21.0. The molecule has 2 heterocycles. The molecule has 1 aromatic carbocycles. The second kappa shape index (κ2) is 10.8. The molecule has 1 unspecified atom stereocenters. The summed E-state index contributed by atoms with van der Waals surface area (Å²) in [5.74, 6) is -1.13. The fraction of sp³-hybridized carbons (Fsp3) is 0.550. The van der Waals surface area contributed by atoms with Crippen molar-refractivity contribution >= 4 is 12.0 Å². The molecule has 158 valence electrons. The van der Waals surface area contributed by atoms with Gasteiger partial charge in [-0.05, 0) is 25.5 Å². The van der Waals surface area contributed by atoms with Gasteiger partial charge in [0.25, 0.3) is 0 Å². The van der Waals surface area contributed by atoms with Crippen LogP contribution >= 0.6 is 0 Å². The molecule has 10 heteroatoms. The number of benzene rings is 1. The summed E-state index contributed by atoms with van der Waals surface area (Å²) in [5.41, 5.74) is -0.467. The number of piperazine rings is 1. The van der Waals surface area contributed by atoms with E-state index in [1.807, 2.05) is 13.8 Å². The van der Waals surface area contributed by atoms with Crippen LogP contribution in [0.25, 0.3) is 0 Å². The SMILES string of the molecule is CC(C)c1noc(N2CCN(C(C)CCOc3ccc(C(=O)[O-])c(F)c3)CC2)n1.[Li+]. The summed E-state index contributed by atoms with van der Waals surface area (Å²) in [6, 6.07) is 4.53.